The third kappa shape index (κ3) is 2.86. The number of hydrogen-bond donors (Lipinski definition) is 3. The van der Waals surface area contributed by atoms with Crippen LogP contribution in [0.3, 0.4) is 0 Å². The number of carbonyl (C=O) groups excluding carboxylic acids is 2. The maximum absolute atomic E-state index is 13.8. The topological polar surface area (TPSA) is 113 Å². The molecule has 28 heavy (non-hydrogen) atoms. The molecule has 1 aliphatic heterocycles. The Kier molecular flexibility index (Phi) is 4.36. The Morgan fingerprint density at radius 3 is 2.32 bits per heavy atom. The molecule has 1 aromatic heterocycles. The van der Waals surface area contributed by atoms with Crippen molar-refractivity contribution in [1.29, 1.82) is 0 Å². The molecule has 0 unspecified atom stereocenters. The number of nitrogens with zero attached hydrogens (tertiary/aromatic N) is 1. The van der Waals surface area contributed by atoms with Gasteiger partial charge in [-0.2, -0.15) is 13.2 Å². The Morgan fingerprint density at radius 2 is 1.79 bits per heavy atom. The van der Waals surface area contributed by atoms with E-state index < -0.39 is 52.0 Å². The molecule has 12 heteroatoms. The second kappa shape index (κ2) is 6.32. The van der Waals surface area contributed by atoms with Gasteiger partial charge in [0.1, 0.15) is 17.2 Å². The molecule has 1 atom stereocenters. The molecular weight excluding hydrogens is 388 g/mol. The lowest BCUT2D eigenvalue weighted by Gasteiger charge is -2.29. The lowest BCUT2D eigenvalue weighted by atomic mass is 9.92. The van der Waals surface area contributed by atoms with Crippen LogP contribution >= 0.6 is 0 Å². The van der Waals surface area contributed by atoms with E-state index in [2.05, 4.69) is 0 Å². The molecule has 0 bridgehead atoms. The van der Waals surface area contributed by atoms with Gasteiger partial charge in [0, 0.05) is 6.92 Å². The van der Waals surface area contributed by atoms with Crippen molar-refractivity contribution in [3.8, 4) is 0 Å². The predicted molar refractivity (Wildman–Crippen MR) is 87.0 cm³/mol. The Labute approximate surface area is 153 Å². The molecule has 0 aliphatic carbocycles. The van der Waals surface area contributed by atoms with Crippen LogP contribution in [0.15, 0.2) is 33.9 Å². The summed E-state index contributed by atoms with van der Waals surface area (Å²) in [5, 5.41) is 3.38. The first-order valence-electron chi connectivity index (χ1n) is 7.76. The van der Waals surface area contributed by atoms with Crippen molar-refractivity contribution in [2.45, 2.75) is 25.2 Å². The predicted octanol–water partition coefficient (Wildman–Crippen LogP) is 0.570. The van der Waals surface area contributed by atoms with Gasteiger partial charge in [-0.15, -0.1) is 0 Å². The number of aromatic nitrogens is 2. The molecule has 3 rings (SSSR count). The van der Waals surface area contributed by atoms with Crippen LogP contribution in [0.1, 0.15) is 18.1 Å². The van der Waals surface area contributed by atoms with Gasteiger partial charge < -0.3 is 10.6 Å². The van der Waals surface area contributed by atoms with E-state index in [0.29, 0.717) is 10.1 Å². The highest BCUT2D eigenvalue weighted by Crippen LogP contribution is 2.44. The minimum atomic E-state index is -5.38. The van der Waals surface area contributed by atoms with E-state index in [9.17, 15) is 36.7 Å². The molecule has 8 nitrogen and oxygen atoms in total. The minimum Gasteiger partial charge on any atom is -0.331 e. The van der Waals surface area contributed by atoms with E-state index in [1.54, 1.807) is 4.98 Å². The van der Waals surface area contributed by atoms with Crippen LogP contribution in [0, 0.1) is 5.82 Å². The number of hydrogen-bond acceptors (Lipinski definition) is 4. The molecule has 2 aromatic rings. The molecule has 148 valence electrons. The van der Waals surface area contributed by atoms with Gasteiger partial charge in [0.15, 0.2) is 0 Å². The normalized spacial score (nSPS) is 18.5. The highest BCUT2D eigenvalue weighted by atomic mass is 19.4. The highest BCUT2D eigenvalue weighted by Gasteiger charge is 2.68. The van der Waals surface area contributed by atoms with Crippen molar-refractivity contribution in [3.63, 3.8) is 0 Å². The van der Waals surface area contributed by atoms with Crippen LogP contribution in [0.5, 0.6) is 0 Å². The van der Waals surface area contributed by atoms with Crippen LogP contribution in [-0.2, 0) is 21.7 Å². The van der Waals surface area contributed by atoms with Crippen LogP contribution in [0.25, 0.3) is 0 Å². The Balaban J connectivity index is 2.27. The van der Waals surface area contributed by atoms with E-state index in [4.69, 9.17) is 0 Å². The summed E-state index contributed by atoms with van der Waals surface area (Å²) in [6.07, 6.45) is -5.38. The molecule has 1 aliphatic rings. The van der Waals surface area contributed by atoms with Crippen LogP contribution in [-0.4, -0.2) is 27.5 Å². The van der Waals surface area contributed by atoms with Crippen molar-refractivity contribution in [3.05, 3.63) is 62.0 Å². The molecule has 0 fully saturated rings. The SMILES string of the molecule is CC(=O)N[C@@]1(C(F)(F)F)C(=O)Nc2c1c(=O)[nH]c(=O)n2Cc1ccc(F)cc1. The van der Waals surface area contributed by atoms with E-state index >= 15 is 0 Å². The number of amides is 2. The van der Waals surface area contributed by atoms with Gasteiger partial charge in [-0.3, -0.25) is 23.9 Å². The second-order valence-electron chi connectivity index (χ2n) is 6.08. The molecule has 0 saturated heterocycles. The lowest BCUT2D eigenvalue weighted by molar-refractivity contribution is -0.200. The number of H-pyrrole nitrogens is 1. The first-order valence-corrected chi connectivity index (χ1v) is 7.76. The largest absolute Gasteiger partial charge is 0.425 e. The fourth-order valence-electron chi connectivity index (χ4n) is 3.01. The van der Waals surface area contributed by atoms with Crippen LogP contribution in [0.4, 0.5) is 23.4 Å². The number of carbonyl (C=O) groups is 2. The standard InChI is InChI=1S/C16H12F4N4O4/c1-7(25)23-15(16(18,19)20)10-11(21-13(15)27)24(14(28)22-12(10)26)6-8-2-4-9(17)5-3-8/h2-5H,6H2,1H3,(H,21,27)(H,23,25)(H,22,26,28)/t15-/m1/s1. The van der Waals surface area contributed by atoms with Gasteiger partial charge in [0.2, 0.25) is 11.4 Å². The average Bonchev–Trinajstić information content (AvgIpc) is 2.86. The molecule has 2 heterocycles. The molecular formula is C16H12F4N4O4. The fraction of sp³-hybridized carbons (Fsp3) is 0.250. The maximum Gasteiger partial charge on any atom is 0.425 e. The van der Waals surface area contributed by atoms with E-state index in [-0.39, 0.29) is 6.54 Å². The zero-order valence-corrected chi connectivity index (χ0v) is 14.1. The lowest BCUT2D eigenvalue weighted by Crippen LogP contribution is -2.61. The summed E-state index contributed by atoms with van der Waals surface area (Å²) in [7, 11) is 0. The van der Waals surface area contributed by atoms with Crippen molar-refractivity contribution >= 4 is 17.6 Å². The number of benzene rings is 1. The van der Waals surface area contributed by atoms with E-state index in [1.165, 1.54) is 17.4 Å². The van der Waals surface area contributed by atoms with Gasteiger partial charge in [-0.05, 0) is 17.7 Å². The van der Waals surface area contributed by atoms with Gasteiger partial charge in [0.25, 0.3) is 11.5 Å². The summed E-state index contributed by atoms with van der Waals surface area (Å²) < 4.78 is 55.2. The first-order chi connectivity index (χ1) is 13.0. The van der Waals surface area contributed by atoms with Gasteiger partial charge in [0.05, 0.1) is 6.54 Å². The molecule has 3 N–H and O–H groups in total. The average molecular weight is 400 g/mol. The third-order valence-electron chi connectivity index (χ3n) is 4.19. The highest BCUT2D eigenvalue weighted by molar-refractivity contribution is 6.07. The van der Waals surface area contributed by atoms with Crippen LogP contribution < -0.4 is 21.9 Å². The van der Waals surface area contributed by atoms with Crippen molar-refractivity contribution in [1.82, 2.24) is 14.9 Å². The summed E-state index contributed by atoms with van der Waals surface area (Å²) in [5.41, 5.74) is -7.05. The minimum absolute atomic E-state index is 0.316. The molecule has 1 aromatic carbocycles. The second-order valence-corrected chi connectivity index (χ2v) is 6.08. The summed E-state index contributed by atoms with van der Waals surface area (Å²) in [6, 6.07) is 4.70. The Morgan fingerprint density at radius 1 is 1.18 bits per heavy atom. The van der Waals surface area contributed by atoms with E-state index in [1.807, 2.05) is 5.32 Å². The monoisotopic (exact) mass is 400 g/mol. The molecule has 0 radical (unpaired) electrons. The van der Waals surface area contributed by atoms with Crippen LogP contribution in [0.2, 0.25) is 0 Å². The summed E-state index contributed by atoms with van der Waals surface area (Å²) in [5.74, 6) is -4.21. The van der Waals surface area contributed by atoms with Gasteiger partial charge >= 0.3 is 11.9 Å². The number of anilines is 1. The van der Waals surface area contributed by atoms with Gasteiger partial charge in [-0.25, -0.2) is 9.18 Å². The number of halogens is 4. The quantitative estimate of drug-likeness (QED) is 0.654. The summed E-state index contributed by atoms with van der Waals surface area (Å²) in [6.45, 7) is 0.383. The summed E-state index contributed by atoms with van der Waals surface area (Å²) >= 11 is 0. The number of nitrogens with one attached hydrogen (secondary N) is 3. The van der Waals surface area contributed by atoms with Crippen molar-refractivity contribution in [2.75, 3.05) is 5.32 Å². The fourth-order valence-corrected chi connectivity index (χ4v) is 3.01. The zero-order valence-electron chi connectivity index (χ0n) is 14.1. The number of rotatable bonds is 3. The number of alkyl halides is 3. The Hall–Kier alpha value is -3.44. The molecule has 0 spiro atoms. The smallest absolute Gasteiger partial charge is 0.331 e. The molecule has 0 saturated carbocycles. The Bertz CT molecular complexity index is 1090. The number of fused-ring (bicyclic) bond motifs is 1. The summed E-state index contributed by atoms with van der Waals surface area (Å²) in [4.78, 5) is 49.8. The number of aromatic amines is 1. The van der Waals surface area contributed by atoms with Crippen molar-refractivity contribution in [2.24, 2.45) is 0 Å². The first kappa shape index (κ1) is 19.3. The van der Waals surface area contributed by atoms with Crippen molar-refractivity contribution < 1.29 is 27.2 Å². The molecule has 2 amide bonds. The van der Waals surface area contributed by atoms with E-state index in [0.717, 1.165) is 19.1 Å². The third-order valence-corrected chi connectivity index (χ3v) is 4.19. The van der Waals surface area contributed by atoms with Gasteiger partial charge in [-0.1, -0.05) is 12.1 Å². The zero-order chi connectivity index (χ0) is 20.9. The maximum atomic E-state index is 13.8.